The number of nitrogens with zero attached hydrogens (tertiary/aromatic N) is 2. The zero-order valence-electron chi connectivity index (χ0n) is 12.7. The number of aromatic nitrogens is 2. The van der Waals surface area contributed by atoms with Gasteiger partial charge in [-0.05, 0) is 18.6 Å². The highest BCUT2D eigenvalue weighted by Crippen LogP contribution is 2.18. The van der Waals surface area contributed by atoms with E-state index in [1.807, 2.05) is 30.3 Å². The SMILES string of the molecule is O=C(NNC(=O)[C@H]1CCS(=O)(=O)C1)c1cnn(-c2ccccc2)c1. The van der Waals surface area contributed by atoms with Gasteiger partial charge in [-0.1, -0.05) is 18.2 Å². The molecular formula is C15H16N4O4S. The summed E-state index contributed by atoms with van der Waals surface area (Å²) in [5.41, 5.74) is 5.63. The molecule has 1 atom stereocenters. The van der Waals surface area contributed by atoms with Gasteiger partial charge in [0, 0.05) is 6.20 Å². The van der Waals surface area contributed by atoms with Crippen molar-refractivity contribution in [3.63, 3.8) is 0 Å². The van der Waals surface area contributed by atoms with Crippen molar-refractivity contribution in [3.05, 3.63) is 48.3 Å². The summed E-state index contributed by atoms with van der Waals surface area (Å²) in [7, 11) is -3.15. The Kier molecular flexibility index (Phi) is 4.34. The Balaban J connectivity index is 1.58. The first kappa shape index (κ1) is 16.2. The molecular weight excluding hydrogens is 332 g/mol. The van der Waals surface area contributed by atoms with Crippen molar-refractivity contribution in [1.82, 2.24) is 20.6 Å². The quantitative estimate of drug-likeness (QED) is 0.763. The fraction of sp³-hybridized carbons (Fsp3) is 0.267. The van der Waals surface area contributed by atoms with Crippen LogP contribution in [-0.2, 0) is 14.6 Å². The zero-order valence-corrected chi connectivity index (χ0v) is 13.5. The smallest absolute Gasteiger partial charge is 0.272 e. The van der Waals surface area contributed by atoms with Gasteiger partial charge in [0.1, 0.15) is 0 Å². The van der Waals surface area contributed by atoms with Crippen LogP contribution in [0.15, 0.2) is 42.7 Å². The number of hydrogen-bond acceptors (Lipinski definition) is 5. The Labute approximate surface area is 138 Å². The van der Waals surface area contributed by atoms with Crippen LogP contribution in [-0.4, -0.2) is 41.5 Å². The fourth-order valence-corrected chi connectivity index (χ4v) is 4.20. The molecule has 1 aliphatic heterocycles. The summed E-state index contributed by atoms with van der Waals surface area (Å²) in [5, 5.41) is 4.09. The third kappa shape index (κ3) is 3.62. The second-order valence-corrected chi connectivity index (χ2v) is 7.78. The summed E-state index contributed by atoms with van der Waals surface area (Å²) >= 11 is 0. The molecule has 9 heteroatoms. The van der Waals surface area contributed by atoms with Gasteiger partial charge in [-0.3, -0.25) is 20.4 Å². The number of para-hydroxylation sites is 1. The van der Waals surface area contributed by atoms with E-state index in [0.29, 0.717) is 0 Å². The van der Waals surface area contributed by atoms with Crippen molar-refractivity contribution < 1.29 is 18.0 Å². The molecule has 1 aromatic heterocycles. The highest BCUT2D eigenvalue weighted by molar-refractivity contribution is 7.91. The molecule has 0 bridgehead atoms. The Morgan fingerprint density at radius 1 is 1.17 bits per heavy atom. The normalized spacial score (nSPS) is 18.9. The molecule has 2 aromatic rings. The predicted molar refractivity (Wildman–Crippen MR) is 85.9 cm³/mol. The Bertz CT molecular complexity index is 861. The summed E-state index contributed by atoms with van der Waals surface area (Å²) in [6.45, 7) is 0. The molecule has 0 aliphatic carbocycles. The number of benzene rings is 1. The molecule has 2 heterocycles. The van der Waals surface area contributed by atoms with Crippen LogP contribution in [0, 0.1) is 5.92 Å². The van der Waals surface area contributed by atoms with Crippen LogP contribution in [0.5, 0.6) is 0 Å². The lowest BCUT2D eigenvalue weighted by molar-refractivity contribution is -0.125. The van der Waals surface area contributed by atoms with Crippen molar-refractivity contribution >= 4 is 21.7 Å². The molecule has 0 saturated carbocycles. The zero-order chi connectivity index (χ0) is 17.2. The number of hydrogen-bond donors (Lipinski definition) is 2. The number of rotatable bonds is 3. The second-order valence-electron chi connectivity index (χ2n) is 5.55. The van der Waals surface area contributed by atoms with Crippen LogP contribution in [0.25, 0.3) is 5.69 Å². The molecule has 0 spiro atoms. The third-order valence-corrected chi connectivity index (χ3v) is 5.54. The van der Waals surface area contributed by atoms with Crippen molar-refractivity contribution in [2.75, 3.05) is 11.5 Å². The minimum atomic E-state index is -3.15. The third-order valence-electron chi connectivity index (χ3n) is 3.77. The van der Waals surface area contributed by atoms with Gasteiger partial charge < -0.3 is 0 Å². The molecule has 2 N–H and O–H groups in total. The van der Waals surface area contributed by atoms with E-state index in [-0.39, 0.29) is 23.5 Å². The molecule has 1 aliphatic rings. The van der Waals surface area contributed by atoms with Crippen molar-refractivity contribution in [3.8, 4) is 5.69 Å². The number of sulfone groups is 1. The molecule has 24 heavy (non-hydrogen) atoms. The van der Waals surface area contributed by atoms with E-state index in [9.17, 15) is 18.0 Å². The standard InChI is InChI=1S/C15H16N4O4S/c20-14(11-6-7-24(22,23)10-11)17-18-15(21)12-8-16-19(9-12)13-4-2-1-3-5-13/h1-5,8-9,11H,6-7,10H2,(H,17,20)(H,18,21)/t11-/m0/s1. The van der Waals surface area contributed by atoms with E-state index >= 15 is 0 Å². The van der Waals surface area contributed by atoms with E-state index in [2.05, 4.69) is 16.0 Å². The lowest BCUT2D eigenvalue weighted by Gasteiger charge is -2.09. The van der Waals surface area contributed by atoms with Gasteiger partial charge in [0.15, 0.2) is 9.84 Å². The maximum Gasteiger partial charge on any atom is 0.272 e. The van der Waals surface area contributed by atoms with Crippen molar-refractivity contribution in [1.29, 1.82) is 0 Å². The highest BCUT2D eigenvalue weighted by atomic mass is 32.2. The van der Waals surface area contributed by atoms with Crippen LogP contribution in [0.2, 0.25) is 0 Å². The maximum atomic E-state index is 12.0. The van der Waals surface area contributed by atoms with Crippen LogP contribution in [0.1, 0.15) is 16.8 Å². The van der Waals surface area contributed by atoms with Crippen molar-refractivity contribution in [2.45, 2.75) is 6.42 Å². The summed E-state index contributed by atoms with van der Waals surface area (Å²) in [6, 6.07) is 9.27. The van der Waals surface area contributed by atoms with E-state index in [4.69, 9.17) is 0 Å². The summed E-state index contributed by atoms with van der Waals surface area (Å²) in [5.74, 6) is -1.82. The highest BCUT2D eigenvalue weighted by Gasteiger charge is 2.33. The van der Waals surface area contributed by atoms with Crippen LogP contribution >= 0.6 is 0 Å². The van der Waals surface area contributed by atoms with Gasteiger partial charge >= 0.3 is 0 Å². The first-order chi connectivity index (χ1) is 11.4. The first-order valence-corrected chi connectivity index (χ1v) is 9.17. The second kappa shape index (κ2) is 6.44. The monoisotopic (exact) mass is 348 g/mol. The minimum Gasteiger partial charge on any atom is -0.273 e. The number of amides is 2. The van der Waals surface area contributed by atoms with Crippen LogP contribution < -0.4 is 10.9 Å². The van der Waals surface area contributed by atoms with Gasteiger partial charge in [0.05, 0.1) is 34.9 Å². The largest absolute Gasteiger partial charge is 0.273 e. The minimum absolute atomic E-state index is 0.00286. The predicted octanol–water partition coefficient (Wildman–Crippen LogP) is 0.0680. The van der Waals surface area contributed by atoms with Gasteiger partial charge in [-0.2, -0.15) is 5.10 Å². The number of nitrogens with one attached hydrogen (secondary N) is 2. The Morgan fingerprint density at radius 3 is 2.58 bits per heavy atom. The summed E-state index contributed by atoms with van der Waals surface area (Å²) in [6.07, 6.45) is 3.20. The van der Waals surface area contributed by atoms with E-state index < -0.39 is 27.6 Å². The van der Waals surface area contributed by atoms with Gasteiger partial charge in [0.25, 0.3) is 5.91 Å². The molecule has 1 saturated heterocycles. The number of hydrazine groups is 1. The van der Waals surface area contributed by atoms with Gasteiger partial charge in [-0.25, -0.2) is 13.1 Å². The molecule has 1 aromatic carbocycles. The average molecular weight is 348 g/mol. The van der Waals surface area contributed by atoms with Gasteiger partial charge in [0.2, 0.25) is 5.91 Å². The molecule has 8 nitrogen and oxygen atoms in total. The number of carbonyl (C=O) groups excluding carboxylic acids is 2. The molecule has 1 fully saturated rings. The summed E-state index contributed by atoms with van der Waals surface area (Å²) in [4.78, 5) is 23.9. The van der Waals surface area contributed by atoms with Crippen LogP contribution in [0.3, 0.4) is 0 Å². The Hall–Kier alpha value is -2.68. The molecule has 2 amide bonds. The first-order valence-electron chi connectivity index (χ1n) is 7.35. The molecule has 3 rings (SSSR count). The maximum absolute atomic E-state index is 12.0. The van der Waals surface area contributed by atoms with Gasteiger partial charge in [-0.15, -0.1) is 0 Å². The fourth-order valence-electron chi connectivity index (χ4n) is 2.46. The van der Waals surface area contributed by atoms with E-state index in [1.165, 1.54) is 12.4 Å². The average Bonchev–Trinajstić information content (AvgIpc) is 3.20. The van der Waals surface area contributed by atoms with Crippen molar-refractivity contribution in [2.24, 2.45) is 5.92 Å². The van der Waals surface area contributed by atoms with Crippen LogP contribution in [0.4, 0.5) is 0 Å². The summed E-state index contributed by atoms with van der Waals surface area (Å²) < 4.78 is 24.3. The molecule has 0 radical (unpaired) electrons. The topological polar surface area (TPSA) is 110 Å². The van der Waals surface area contributed by atoms with E-state index in [1.54, 1.807) is 4.68 Å². The Morgan fingerprint density at radius 2 is 1.92 bits per heavy atom. The lowest BCUT2D eigenvalue weighted by Crippen LogP contribution is -2.44. The lowest BCUT2D eigenvalue weighted by atomic mass is 10.1. The number of carbonyl (C=O) groups is 2. The molecule has 126 valence electrons. The molecule has 0 unspecified atom stereocenters. The van der Waals surface area contributed by atoms with E-state index in [0.717, 1.165) is 5.69 Å².